The number of rotatable bonds is 6. The fraction of sp³-hybridized carbons (Fsp3) is 0.167. The van der Waals surface area contributed by atoms with Crippen LogP contribution in [-0.4, -0.2) is 38.9 Å². The number of H-pyrrole nitrogens is 1. The van der Waals surface area contributed by atoms with Gasteiger partial charge >= 0.3 is 12.0 Å². The predicted octanol–water partition coefficient (Wildman–Crippen LogP) is 0.590. The zero-order valence-corrected chi connectivity index (χ0v) is 10.9. The van der Waals surface area contributed by atoms with E-state index in [-0.39, 0.29) is 6.54 Å². The average molecular weight is 291 g/mol. The summed E-state index contributed by atoms with van der Waals surface area (Å²) in [5.41, 5.74) is 0.549. The molecule has 0 bridgehead atoms. The molecule has 0 unspecified atom stereocenters. The van der Waals surface area contributed by atoms with Gasteiger partial charge in [-0.05, 0) is 24.3 Å². The first-order valence-corrected chi connectivity index (χ1v) is 5.97. The molecule has 9 nitrogen and oxygen atoms in total. The van der Waals surface area contributed by atoms with E-state index in [1.807, 2.05) is 0 Å². The van der Waals surface area contributed by atoms with Crippen molar-refractivity contribution in [2.24, 2.45) is 0 Å². The Bertz CT molecular complexity index is 597. The van der Waals surface area contributed by atoms with E-state index in [2.05, 4.69) is 25.8 Å². The van der Waals surface area contributed by atoms with Gasteiger partial charge < -0.3 is 20.5 Å². The number of hydrogen-bond donors (Lipinski definition) is 4. The Labute approximate surface area is 119 Å². The molecule has 2 amide bonds. The van der Waals surface area contributed by atoms with Crippen LogP contribution >= 0.6 is 0 Å². The normalized spacial score (nSPS) is 9.90. The number of urea groups is 1. The zero-order valence-electron chi connectivity index (χ0n) is 10.9. The predicted molar refractivity (Wildman–Crippen MR) is 71.8 cm³/mol. The van der Waals surface area contributed by atoms with Crippen LogP contribution in [0.15, 0.2) is 30.6 Å². The molecular weight excluding hydrogens is 278 g/mol. The number of carbonyl (C=O) groups excluding carboxylic acids is 1. The van der Waals surface area contributed by atoms with Crippen molar-refractivity contribution in [2.45, 2.75) is 6.54 Å². The van der Waals surface area contributed by atoms with Gasteiger partial charge in [-0.3, -0.25) is 5.10 Å². The third-order valence-electron chi connectivity index (χ3n) is 2.36. The van der Waals surface area contributed by atoms with Crippen LogP contribution in [0.5, 0.6) is 5.75 Å². The number of hydrogen-bond acceptors (Lipinski definition) is 5. The quantitative estimate of drug-likeness (QED) is 0.616. The molecule has 0 spiro atoms. The molecule has 0 radical (unpaired) electrons. The lowest BCUT2D eigenvalue weighted by Crippen LogP contribution is -2.28. The molecule has 0 saturated carbocycles. The second-order valence-corrected chi connectivity index (χ2v) is 3.95. The Morgan fingerprint density at radius 2 is 2.05 bits per heavy atom. The van der Waals surface area contributed by atoms with Gasteiger partial charge in [-0.2, -0.15) is 5.10 Å². The second kappa shape index (κ2) is 6.89. The van der Waals surface area contributed by atoms with Gasteiger partial charge in [0.2, 0.25) is 0 Å². The monoisotopic (exact) mass is 291 g/mol. The Balaban J connectivity index is 1.79. The number of anilines is 1. The Morgan fingerprint density at radius 1 is 1.29 bits per heavy atom. The van der Waals surface area contributed by atoms with E-state index in [0.717, 1.165) is 0 Å². The lowest BCUT2D eigenvalue weighted by molar-refractivity contribution is -0.139. The molecule has 0 saturated heterocycles. The summed E-state index contributed by atoms with van der Waals surface area (Å²) < 4.78 is 4.98. The minimum Gasteiger partial charge on any atom is -0.482 e. The molecule has 2 aromatic rings. The Kier molecular flexibility index (Phi) is 4.70. The zero-order chi connectivity index (χ0) is 15.1. The molecule has 0 fully saturated rings. The number of aromatic amines is 1. The summed E-state index contributed by atoms with van der Waals surface area (Å²) >= 11 is 0. The first-order valence-electron chi connectivity index (χ1n) is 5.97. The Hall–Kier alpha value is -3.10. The largest absolute Gasteiger partial charge is 0.482 e. The number of amides is 2. The topological polar surface area (TPSA) is 129 Å². The number of carbonyl (C=O) groups is 2. The highest BCUT2D eigenvalue weighted by molar-refractivity contribution is 5.89. The summed E-state index contributed by atoms with van der Waals surface area (Å²) in [6.07, 6.45) is 1.35. The molecule has 0 aliphatic carbocycles. The number of aliphatic carboxylic acids is 1. The van der Waals surface area contributed by atoms with E-state index >= 15 is 0 Å². The van der Waals surface area contributed by atoms with E-state index in [1.165, 1.54) is 6.33 Å². The fourth-order valence-corrected chi connectivity index (χ4v) is 1.43. The van der Waals surface area contributed by atoms with E-state index in [9.17, 15) is 9.59 Å². The van der Waals surface area contributed by atoms with Crippen LogP contribution in [-0.2, 0) is 11.3 Å². The summed E-state index contributed by atoms with van der Waals surface area (Å²) in [5.74, 6) is -0.100. The van der Waals surface area contributed by atoms with Crippen LogP contribution in [0.4, 0.5) is 10.5 Å². The lowest BCUT2D eigenvalue weighted by atomic mass is 10.3. The van der Waals surface area contributed by atoms with Crippen molar-refractivity contribution < 1.29 is 19.4 Å². The summed E-state index contributed by atoms with van der Waals surface area (Å²) in [6.45, 7) is -0.184. The number of nitrogens with one attached hydrogen (secondary N) is 3. The number of carboxylic acid groups (broad SMARTS) is 1. The Morgan fingerprint density at radius 3 is 2.67 bits per heavy atom. The van der Waals surface area contributed by atoms with Crippen molar-refractivity contribution >= 4 is 17.7 Å². The molecule has 110 valence electrons. The molecule has 1 heterocycles. The highest BCUT2D eigenvalue weighted by Crippen LogP contribution is 2.15. The van der Waals surface area contributed by atoms with Gasteiger partial charge in [0.15, 0.2) is 6.61 Å². The standard InChI is InChI=1S/C12H13N5O4/c18-11(19)6-21-9-3-1-8(2-4-9)16-12(20)13-5-10-14-7-15-17-10/h1-4,7H,5-6H2,(H,18,19)(H2,13,16,20)(H,14,15,17). The molecule has 1 aromatic heterocycles. The van der Waals surface area contributed by atoms with Crippen LogP contribution in [0.25, 0.3) is 0 Å². The van der Waals surface area contributed by atoms with Gasteiger partial charge in [-0.1, -0.05) is 0 Å². The number of carboxylic acids is 1. The van der Waals surface area contributed by atoms with Gasteiger partial charge in [0, 0.05) is 5.69 Å². The molecule has 9 heteroatoms. The lowest BCUT2D eigenvalue weighted by Gasteiger charge is -2.07. The maximum absolute atomic E-state index is 11.6. The first-order chi connectivity index (χ1) is 10.1. The van der Waals surface area contributed by atoms with Crippen molar-refractivity contribution in [2.75, 3.05) is 11.9 Å². The summed E-state index contributed by atoms with van der Waals surface area (Å²) in [6, 6.07) is 5.94. The van der Waals surface area contributed by atoms with E-state index < -0.39 is 18.6 Å². The minimum atomic E-state index is -1.05. The molecule has 21 heavy (non-hydrogen) atoms. The van der Waals surface area contributed by atoms with Crippen molar-refractivity contribution in [1.29, 1.82) is 0 Å². The van der Waals surface area contributed by atoms with Crippen LogP contribution in [0.2, 0.25) is 0 Å². The van der Waals surface area contributed by atoms with Crippen molar-refractivity contribution in [3.63, 3.8) is 0 Å². The molecule has 2 rings (SSSR count). The van der Waals surface area contributed by atoms with Crippen LogP contribution in [0.1, 0.15) is 5.82 Å². The number of benzene rings is 1. The first kappa shape index (κ1) is 14.3. The maximum atomic E-state index is 11.6. The molecule has 0 aliphatic rings. The van der Waals surface area contributed by atoms with Crippen LogP contribution in [0.3, 0.4) is 0 Å². The van der Waals surface area contributed by atoms with Crippen LogP contribution in [0, 0.1) is 0 Å². The third kappa shape index (κ3) is 4.82. The van der Waals surface area contributed by atoms with E-state index in [0.29, 0.717) is 17.3 Å². The van der Waals surface area contributed by atoms with E-state index in [1.54, 1.807) is 24.3 Å². The highest BCUT2D eigenvalue weighted by Gasteiger charge is 2.04. The van der Waals surface area contributed by atoms with Gasteiger partial charge in [-0.15, -0.1) is 0 Å². The minimum absolute atomic E-state index is 0.228. The van der Waals surface area contributed by atoms with Crippen molar-refractivity contribution in [1.82, 2.24) is 20.5 Å². The molecule has 1 aromatic carbocycles. The molecule has 4 N–H and O–H groups in total. The molecule has 0 atom stereocenters. The number of ether oxygens (including phenoxy) is 1. The second-order valence-electron chi connectivity index (χ2n) is 3.95. The molecule has 0 aliphatic heterocycles. The smallest absolute Gasteiger partial charge is 0.341 e. The van der Waals surface area contributed by atoms with Gasteiger partial charge in [-0.25, -0.2) is 14.6 Å². The third-order valence-corrected chi connectivity index (χ3v) is 2.36. The van der Waals surface area contributed by atoms with Crippen molar-refractivity contribution in [3.8, 4) is 5.75 Å². The average Bonchev–Trinajstić information content (AvgIpc) is 2.98. The fourth-order valence-electron chi connectivity index (χ4n) is 1.43. The SMILES string of the molecule is O=C(O)COc1ccc(NC(=O)NCc2ncn[nH]2)cc1. The highest BCUT2D eigenvalue weighted by atomic mass is 16.5. The van der Waals surface area contributed by atoms with E-state index in [4.69, 9.17) is 9.84 Å². The summed E-state index contributed by atoms with van der Waals surface area (Å²) in [4.78, 5) is 25.8. The summed E-state index contributed by atoms with van der Waals surface area (Å²) in [7, 11) is 0. The van der Waals surface area contributed by atoms with Crippen molar-refractivity contribution in [3.05, 3.63) is 36.4 Å². The van der Waals surface area contributed by atoms with Gasteiger partial charge in [0.1, 0.15) is 17.9 Å². The number of aromatic nitrogens is 3. The van der Waals surface area contributed by atoms with Gasteiger partial charge in [0.05, 0.1) is 6.54 Å². The summed E-state index contributed by atoms with van der Waals surface area (Å²) in [5, 5.41) is 20.0. The molecular formula is C12H13N5O4. The maximum Gasteiger partial charge on any atom is 0.341 e. The van der Waals surface area contributed by atoms with Gasteiger partial charge in [0.25, 0.3) is 0 Å². The number of nitrogens with zero attached hydrogens (tertiary/aromatic N) is 2. The van der Waals surface area contributed by atoms with Crippen LogP contribution < -0.4 is 15.4 Å².